The molecule has 1 aromatic carbocycles. The van der Waals surface area contributed by atoms with Gasteiger partial charge in [0.05, 0.1) is 0 Å². The van der Waals surface area contributed by atoms with E-state index in [1.165, 1.54) is 180 Å². The Morgan fingerprint density at radius 3 is 0.941 bits per heavy atom. The zero-order valence-corrected chi connectivity index (χ0v) is 33.5. The van der Waals surface area contributed by atoms with Crippen molar-refractivity contribution in [1.29, 1.82) is 0 Å². The van der Waals surface area contributed by atoms with Crippen LogP contribution in [0.3, 0.4) is 0 Å². The molecule has 0 saturated heterocycles. The van der Waals surface area contributed by atoms with Gasteiger partial charge in [0.25, 0.3) is 6.47 Å². The molecule has 1 rings (SSSR count). The molecule has 0 aromatic heterocycles. The van der Waals surface area contributed by atoms with Gasteiger partial charge in [0, 0.05) is 36.3 Å². The Morgan fingerprint density at radius 2 is 0.686 bits per heavy atom. The zero-order valence-electron chi connectivity index (χ0n) is 33.5. The van der Waals surface area contributed by atoms with Crippen LogP contribution in [0.4, 0.5) is 11.4 Å². The summed E-state index contributed by atoms with van der Waals surface area (Å²) in [6.07, 6.45) is 42.6. The van der Waals surface area contributed by atoms with Crippen LogP contribution in [0.5, 0.6) is 5.75 Å². The summed E-state index contributed by atoms with van der Waals surface area (Å²) < 4.78 is 5.06. The maximum absolute atomic E-state index is 12.6. The van der Waals surface area contributed by atoms with E-state index in [2.05, 4.69) is 24.5 Å². The topological polar surface area (TPSA) is 84.5 Å². The molecule has 0 saturated carbocycles. The van der Waals surface area contributed by atoms with Crippen LogP contribution in [0.25, 0.3) is 0 Å². The van der Waals surface area contributed by atoms with Crippen LogP contribution in [0.15, 0.2) is 18.2 Å². The minimum atomic E-state index is -0.0611. The molecular formula is C45H80N2O4. The highest BCUT2D eigenvalue weighted by molar-refractivity contribution is 5.94. The summed E-state index contributed by atoms with van der Waals surface area (Å²) in [7, 11) is 0. The van der Waals surface area contributed by atoms with Gasteiger partial charge in [-0.25, -0.2) is 0 Å². The van der Waals surface area contributed by atoms with E-state index >= 15 is 0 Å². The fraction of sp³-hybridized carbons (Fsp3) is 0.800. The molecular weight excluding hydrogens is 633 g/mol. The van der Waals surface area contributed by atoms with Crippen molar-refractivity contribution in [2.45, 2.75) is 232 Å². The van der Waals surface area contributed by atoms with Gasteiger partial charge in [-0.3, -0.25) is 14.4 Å². The summed E-state index contributed by atoms with van der Waals surface area (Å²) in [5.41, 5.74) is 1.04. The van der Waals surface area contributed by atoms with E-state index in [-0.39, 0.29) is 11.8 Å². The highest BCUT2D eigenvalue weighted by Crippen LogP contribution is 2.25. The average Bonchev–Trinajstić information content (AvgIpc) is 3.11. The van der Waals surface area contributed by atoms with Crippen molar-refractivity contribution in [3.05, 3.63) is 18.2 Å². The maximum Gasteiger partial charge on any atom is 0.298 e. The van der Waals surface area contributed by atoms with Gasteiger partial charge in [-0.1, -0.05) is 206 Å². The molecule has 6 nitrogen and oxygen atoms in total. The standard InChI is InChI=1S/C45H80N2O4/c1-3-5-7-9-11-13-15-17-19-21-23-25-27-29-31-33-35-44(49)46-41-37-42(39-43(38-41)51-40-48)47-45(50)36-34-32-30-28-26-24-22-20-18-16-14-12-10-8-6-4-2/h37-40H,3-36H2,1-2H3,(H,46,49)(H,47,50). The summed E-state index contributed by atoms with van der Waals surface area (Å²) in [5, 5.41) is 5.84. The number of ether oxygens (including phenoxy) is 1. The molecule has 0 radical (unpaired) electrons. The number of carbonyl (C=O) groups is 3. The molecule has 294 valence electrons. The molecule has 2 N–H and O–H groups in total. The first-order chi connectivity index (χ1) is 25.1. The highest BCUT2D eigenvalue weighted by Gasteiger charge is 2.09. The Kier molecular flexibility index (Phi) is 32.9. The molecule has 0 atom stereocenters. The second-order valence-corrected chi connectivity index (χ2v) is 15.2. The Hall–Kier alpha value is -2.37. The van der Waals surface area contributed by atoms with E-state index in [1.54, 1.807) is 18.2 Å². The Labute approximate surface area is 314 Å². The third kappa shape index (κ3) is 30.9. The number of hydrogen-bond donors (Lipinski definition) is 2. The van der Waals surface area contributed by atoms with Gasteiger partial charge in [-0.05, 0) is 18.9 Å². The Balaban J connectivity index is 2.11. The molecule has 6 heteroatoms. The smallest absolute Gasteiger partial charge is 0.298 e. The van der Waals surface area contributed by atoms with E-state index in [0.29, 0.717) is 36.4 Å². The quantitative estimate of drug-likeness (QED) is 0.0528. The van der Waals surface area contributed by atoms with Crippen molar-refractivity contribution in [3.63, 3.8) is 0 Å². The van der Waals surface area contributed by atoms with E-state index in [9.17, 15) is 14.4 Å². The van der Waals surface area contributed by atoms with Crippen LogP contribution in [-0.2, 0) is 14.4 Å². The molecule has 0 fully saturated rings. The second-order valence-electron chi connectivity index (χ2n) is 15.2. The molecule has 0 aliphatic heterocycles. The third-order valence-corrected chi connectivity index (χ3v) is 10.2. The van der Waals surface area contributed by atoms with Gasteiger partial charge in [-0.15, -0.1) is 0 Å². The first-order valence-electron chi connectivity index (χ1n) is 21.9. The Bertz CT molecular complexity index is 897. The van der Waals surface area contributed by atoms with Crippen molar-refractivity contribution in [3.8, 4) is 5.75 Å². The SMILES string of the molecule is CCCCCCCCCCCCCCCCCCC(=O)Nc1cc(NC(=O)CCCCCCCCCCCCCCCCCC)cc(OC=O)c1. The largest absolute Gasteiger partial charge is 0.429 e. The molecule has 2 amide bonds. The number of benzene rings is 1. The lowest BCUT2D eigenvalue weighted by atomic mass is 10.0. The number of anilines is 2. The van der Waals surface area contributed by atoms with Crippen molar-refractivity contribution < 1.29 is 19.1 Å². The fourth-order valence-electron chi connectivity index (χ4n) is 6.98. The van der Waals surface area contributed by atoms with Crippen LogP contribution < -0.4 is 15.4 Å². The van der Waals surface area contributed by atoms with Crippen molar-refractivity contribution in [1.82, 2.24) is 0 Å². The molecule has 1 aromatic rings. The lowest BCUT2D eigenvalue weighted by Crippen LogP contribution is -2.14. The molecule has 0 unspecified atom stereocenters. The molecule has 0 spiro atoms. The highest BCUT2D eigenvalue weighted by atomic mass is 16.5. The molecule has 0 heterocycles. The van der Waals surface area contributed by atoms with Gasteiger partial charge in [0.2, 0.25) is 11.8 Å². The number of unbranched alkanes of at least 4 members (excludes halogenated alkanes) is 30. The van der Waals surface area contributed by atoms with E-state index in [1.807, 2.05) is 0 Å². The normalized spacial score (nSPS) is 11.1. The van der Waals surface area contributed by atoms with Gasteiger partial charge >= 0.3 is 0 Å². The van der Waals surface area contributed by atoms with E-state index in [4.69, 9.17) is 4.74 Å². The molecule has 0 aliphatic carbocycles. The zero-order chi connectivity index (χ0) is 36.9. The van der Waals surface area contributed by atoms with Gasteiger partial charge in [-0.2, -0.15) is 0 Å². The maximum atomic E-state index is 12.6. The Morgan fingerprint density at radius 1 is 0.431 bits per heavy atom. The number of hydrogen-bond acceptors (Lipinski definition) is 4. The minimum absolute atomic E-state index is 0.0611. The monoisotopic (exact) mass is 713 g/mol. The predicted molar refractivity (Wildman–Crippen MR) is 219 cm³/mol. The first-order valence-corrected chi connectivity index (χ1v) is 21.9. The fourth-order valence-corrected chi connectivity index (χ4v) is 6.98. The van der Waals surface area contributed by atoms with Crippen molar-refractivity contribution in [2.24, 2.45) is 0 Å². The van der Waals surface area contributed by atoms with Gasteiger partial charge < -0.3 is 15.4 Å². The number of rotatable bonds is 38. The van der Waals surface area contributed by atoms with Crippen molar-refractivity contribution in [2.75, 3.05) is 10.6 Å². The second kappa shape index (κ2) is 36.0. The van der Waals surface area contributed by atoms with Crippen molar-refractivity contribution >= 4 is 29.7 Å². The van der Waals surface area contributed by atoms with Crippen LogP contribution in [-0.4, -0.2) is 18.3 Å². The summed E-state index contributed by atoms with van der Waals surface area (Å²) >= 11 is 0. The number of carbonyl (C=O) groups excluding carboxylic acids is 3. The van der Waals surface area contributed by atoms with E-state index in [0.717, 1.165) is 25.7 Å². The summed E-state index contributed by atoms with van der Waals surface area (Å²) in [4.78, 5) is 36.3. The molecule has 51 heavy (non-hydrogen) atoms. The molecule has 0 aliphatic rings. The average molecular weight is 713 g/mol. The van der Waals surface area contributed by atoms with Crippen LogP contribution in [0, 0.1) is 0 Å². The van der Waals surface area contributed by atoms with Crippen LogP contribution in [0.2, 0.25) is 0 Å². The summed E-state index contributed by atoms with van der Waals surface area (Å²) in [6, 6.07) is 4.96. The lowest BCUT2D eigenvalue weighted by Gasteiger charge is -2.11. The van der Waals surface area contributed by atoms with Gasteiger partial charge in [0.15, 0.2) is 0 Å². The summed E-state index contributed by atoms with van der Waals surface area (Å²) in [5.74, 6) is 0.172. The number of nitrogens with one attached hydrogen (secondary N) is 2. The lowest BCUT2D eigenvalue weighted by molar-refractivity contribution is -0.120. The molecule has 0 bridgehead atoms. The first kappa shape index (κ1) is 46.7. The van der Waals surface area contributed by atoms with Gasteiger partial charge in [0.1, 0.15) is 5.75 Å². The predicted octanol–water partition coefficient (Wildman–Crippen LogP) is 14.4. The third-order valence-electron chi connectivity index (χ3n) is 10.2. The summed E-state index contributed by atoms with van der Waals surface area (Å²) in [6.45, 7) is 4.91. The number of amides is 2. The van der Waals surface area contributed by atoms with Crippen LogP contribution >= 0.6 is 0 Å². The van der Waals surface area contributed by atoms with E-state index < -0.39 is 0 Å². The van der Waals surface area contributed by atoms with Crippen LogP contribution in [0.1, 0.15) is 232 Å². The minimum Gasteiger partial charge on any atom is -0.429 e.